The van der Waals surface area contributed by atoms with Crippen molar-refractivity contribution in [1.82, 2.24) is 10.3 Å². The number of aromatic nitrogens is 1. The van der Waals surface area contributed by atoms with Crippen molar-refractivity contribution in [3.8, 4) is 0 Å². The van der Waals surface area contributed by atoms with E-state index in [1.807, 2.05) is 36.4 Å². The van der Waals surface area contributed by atoms with Gasteiger partial charge in [0.2, 0.25) is 0 Å². The van der Waals surface area contributed by atoms with Crippen molar-refractivity contribution in [3.63, 3.8) is 0 Å². The summed E-state index contributed by atoms with van der Waals surface area (Å²) < 4.78 is 0. The molecule has 1 aromatic heterocycles. The second-order valence-electron chi connectivity index (χ2n) is 5.91. The lowest BCUT2D eigenvalue weighted by molar-refractivity contribution is 0.529. The smallest absolute Gasteiger partial charge is 0.132 e. The molecule has 1 heterocycles. The van der Waals surface area contributed by atoms with Crippen LogP contribution >= 0.6 is 0 Å². The Hall–Kier alpha value is -2.62. The van der Waals surface area contributed by atoms with Gasteiger partial charge in [0.25, 0.3) is 0 Å². The van der Waals surface area contributed by atoms with E-state index < -0.39 is 0 Å². The van der Waals surface area contributed by atoms with Gasteiger partial charge in [0.05, 0.1) is 5.71 Å². The highest BCUT2D eigenvalue weighted by Gasteiger charge is 2.13. The lowest BCUT2D eigenvalue weighted by atomic mass is 10.0. The fraction of sp³-hybridized carbons (Fsp3) is 0.300. The van der Waals surface area contributed by atoms with Crippen molar-refractivity contribution < 1.29 is 0 Å². The highest BCUT2D eigenvalue weighted by molar-refractivity contribution is 6.13. The van der Waals surface area contributed by atoms with E-state index in [0.717, 1.165) is 36.1 Å². The number of nitrogens with zero attached hydrogens (tertiary/aromatic N) is 1. The monoisotopic (exact) mass is 322 g/mol. The topological polar surface area (TPSA) is 74.8 Å². The summed E-state index contributed by atoms with van der Waals surface area (Å²) in [6, 6.07) is 11.8. The molecular weight excluding hydrogens is 296 g/mol. The Bertz CT molecular complexity index is 707. The van der Waals surface area contributed by atoms with Crippen molar-refractivity contribution in [3.05, 3.63) is 65.9 Å². The molecule has 0 amide bonds. The van der Waals surface area contributed by atoms with E-state index in [1.54, 1.807) is 6.20 Å². The standard InChI is InChI=1S/C20H26N4/c1-4-9-17(5-2)24-14(3)16-12-18(20(22)23-13-16)19(21)15-10-7-6-8-11-15/h6-8,10-13,17,21,24H,3-5,9H2,1-2H3,(H2,22,23). The van der Waals surface area contributed by atoms with Gasteiger partial charge in [0.1, 0.15) is 5.82 Å². The van der Waals surface area contributed by atoms with Crippen LogP contribution in [0.5, 0.6) is 0 Å². The Kier molecular flexibility index (Phi) is 6.13. The van der Waals surface area contributed by atoms with E-state index in [4.69, 9.17) is 11.1 Å². The second kappa shape index (κ2) is 8.29. The summed E-state index contributed by atoms with van der Waals surface area (Å²) in [5, 5.41) is 11.9. The SMILES string of the molecule is C=C(NC(CC)CCC)c1cnc(N)c(C(=N)c2ccccc2)c1. The molecule has 0 spiro atoms. The zero-order valence-corrected chi connectivity index (χ0v) is 14.5. The Balaban J connectivity index is 2.25. The summed E-state index contributed by atoms with van der Waals surface area (Å²) in [7, 11) is 0. The largest absolute Gasteiger partial charge is 0.383 e. The molecule has 0 aliphatic rings. The van der Waals surface area contributed by atoms with Crippen LogP contribution in [0.3, 0.4) is 0 Å². The minimum Gasteiger partial charge on any atom is -0.383 e. The first-order chi connectivity index (χ1) is 11.6. The third kappa shape index (κ3) is 4.22. The number of nitrogens with one attached hydrogen (secondary N) is 2. The molecule has 1 aromatic carbocycles. The van der Waals surface area contributed by atoms with Crippen molar-refractivity contribution >= 4 is 17.2 Å². The van der Waals surface area contributed by atoms with Crippen LogP contribution in [-0.4, -0.2) is 16.7 Å². The number of hydrogen-bond acceptors (Lipinski definition) is 4. The maximum absolute atomic E-state index is 8.42. The van der Waals surface area contributed by atoms with Gasteiger partial charge in [-0.3, -0.25) is 5.41 Å². The quantitative estimate of drug-likeness (QED) is 0.637. The van der Waals surface area contributed by atoms with E-state index in [2.05, 4.69) is 30.7 Å². The third-order valence-electron chi connectivity index (χ3n) is 4.11. The Morgan fingerprint density at radius 3 is 2.58 bits per heavy atom. The molecule has 0 aliphatic heterocycles. The van der Waals surface area contributed by atoms with Crippen LogP contribution < -0.4 is 11.1 Å². The van der Waals surface area contributed by atoms with Gasteiger partial charge in [-0.15, -0.1) is 0 Å². The van der Waals surface area contributed by atoms with Crippen LogP contribution in [0.15, 0.2) is 49.2 Å². The zero-order chi connectivity index (χ0) is 17.5. The third-order valence-corrected chi connectivity index (χ3v) is 4.11. The van der Waals surface area contributed by atoms with Gasteiger partial charge in [-0.1, -0.05) is 57.2 Å². The minimum absolute atomic E-state index is 0.362. The molecule has 4 heteroatoms. The highest BCUT2D eigenvalue weighted by Crippen LogP contribution is 2.20. The van der Waals surface area contributed by atoms with Crippen LogP contribution in [0.1, 0.15) is 49.8 Å². The number of rotatable bonds is 8. The van der Waals surface area contributed by atoms with Crippen LogP contribution in [0.4, 0.5) is 5.82 Å². The van der Waals surface area contributed by atoms with E-state index in [9.17, 15) is 0 Å². The van der Waals surface area contributed by atoms with Crippen molar-refractivity contribution in [2.45, 2.75) is 39.2 Å². The molecule has 0 bridgehead atoms. The predicted octanol–water partition coefficient (Wildman–Crippen LogP) is 4.22. The Morgan fingerprint density at radius 1 is 1.25 bits per heavy atom. The lowest BCUT2D eigenvalue weighted by Gasteiger charge is -2.20. The maximum atomic E-state index is 8.42. The van der Waals surface area contributed by atoms with Gasteiger partial charge < -0.3 is 11.1 Å². The molecule has 24 heavy (non-hydrogen) atoms. The van der Waals surface area contributed by atoms with Crippen molar-refractivity contribution in [2.24, 2.45) is 0 Å². The second-order valence-corrected chi connectivity index (χ2v) is 5.91. The molecule has 0 fully saturated rings. The number of nitrogens with two attached hydrogens (primary N) is 1. The molecule has 4 nitrogen and oxygen atoms in total. The summed E-state index contributed by atoms with van der Waals surface area (Å²) in [4.78, 5) is 4.26. The van der Waals surface area contributed by atoms with Crippen LogP contribution in [-0.2, 0) is 0 Å². The Morgan fingerprint density at radius 2 is 1.96 bits per heavy atom. The number of nitrogen functional groups attached to an aromatic ring is 1. The summed E-state index contributed by atoms with van der Waals surface area (Å²) in [6.07, 6.45) is 4.99. The van der Waals surface area contributed by atoms with Gasteiger partial charge in [-0.25, -0.2) is 4.98 Å². The summed E-state index contributed by atoms with van der Waals surface area (Å²) in [5.41, 5.74) is 9.51. The van der Waals surface area contributed by atoms with Crippen LogP contribution in [0.2, 0.25) is 0 Å². The zero-order valence-electron chi connectivity index (χ0n) is 14.5. The predicted molar refractivity (Wildman–Crippen MR) is 102 cm³/mol. The molecule has 0 saturated carbocycles. The normalized spacial score (nSPS) is 11.8. The number of benzene rings is 1. The first-order valence-corrected chi connectivity index (χ1v) is 8.42. The molecule has 1 unspecified atom stereocenters. The molecule has 2 aromatic rings. The lowest BCUT2D eigenvalue weighted by Crippen LogP contribution is -2.26. The van der Waals surface area contributed by atoms with Crippen molar-refractivity contribution in [1.29, 1.82) is 5.41 Å². The molecule has 4 N–H and O–H groups in total. The van der Waals surface area contributed by atoms with E-state index in [1.165, 1.54) is 0 Å². The first kappa shape index (κ1) is 17.7. The van der Waals surface area contributed by atoms with Crippen molar-refractivity contribution in [2.75, 3.05) is 5.73 Å². The average molecular weight is 322 g/mol. The van der Waals surface area contributed by atoms with E-state index >= 15 is 0 Å². The Labute approximate surface area is 144 Å². The first-order valence-electron chi connectivity index (χ1n) is 8.42. The van der Waals surface area contributed by atoms with E-state index in [0.29, 0.717) is 23.1 Å². The number of pyridine rings is 1. The van der Waals surface area contributed by atoms with Gasteiger partial charge >= 0.3 is 0 Å². The van der Waals surface area contributed by atoms with Gasteiger partial charge in [0.15, 0.2) is 0 Å². The molecule has 0 radical (unpaired) electrons. The van der Waals surface area contributed by atoms with Gasteiger partial charge in [-0.2, -0.15) is 0 Å². The van der Waals surface area contributed by atoms with Crippen LogP contribution in [0, 0.1) is 5.41 Å². The molecule has 0 saturated heterocycles. The summed E-state index contributed by atoms with van der Waals surface area (Å²) >= 11 is 0. The molecular formula is C20H26N4. The minimum atomic E-state index is 0.362. The number of anilines is 1. The fourth-order valence-electron chi connectivity index (χ4n) is 2.66. The fourth-order valence-corrected chi connectivity index (χ4v) is 2.66. The summed E-state index contributed by atoms with van der Waals surface area (Å²) in [6.45, 7) is 8.48. The molecule has 0 aliphatic carbocycles. The van der Waals surface area contributed by atoms with E-state index in [-0.39, 0.29) is 0 Å². The van der Waals surface area contributed by atoms with Crippen LogP contribution in [0.25, 0.3) is 5.70 Å². The number of hydrogen-bond donors (Lipinski definition) is 3. The summed E-state index contributed by atoms with van der Waals surface area (Å²) in [5.74, 6) is 0.362. The van der Waals surface area contributed by atoms with Gasteiger partial charge in [-0.05, 0) is 18.9 Å². The molecule has 1 atom stereocenters. The molecule has 126 valence electrons. The average Bonchev–Trinajstić information content (AvgIpc) is 2.61. The highest BCUT2D eigenvalue weighted by atomic mass is 14.9. The van der Waals surface area contributed by atoms with Gasteiger partial charge in [0, 0.05) is 34.6 Å². The maximum Gasteiger partial charge on any atom is 0.132 e. The molecule has 2 rings (SSSR count).